The Morgan fingerprint density at radius 1 is 1.00 bits per heavy atom. The van der Waals surface area contributed by atoms with Crippen molar-refractivity contribution in [2.45, 2.75) is 32.2 Å². The second-order valence-corrected chi connectivity index (χ2v) is 6.73. The third-order valence-corrected chi connectivity index (χ3v) is 4.76. The van der Waals surface area contributed by atoms with E-state index >= 15 is 0 Å². The van der Waals surface area contributed by atoms with Crippen LogP contribution in [-0.2, 0) is 4.79 Å². The van der Waals surface area contributed by atoms with Gasteiger partial charge in [0.1, 0.15) is 0 Å². The van der Waals surface area contributed by atoms with Gasteiger partial charge in [-0.15, -0.1) is 0 Å². The maximum absolute atomic E-state index is 12.6. The van der Waals surface area contributed by atoms with Crippen molar-refractivity contribution in [1.29, 1.82) is 0 Å². The lowest BCUT2D eigenvalue weighted by Crippen LogP contribution is -2.42. The molecule has 26 heavy (non-hydrogen) atoms. The first-order valence-corrected chi connectivity index (χ1v) is 9.13. The van der Waals surface area contributed by atoms with E-state index in [4.69, 9.17) is 0 Å². The number of para-hydroxylation sites is 2. The lowest BCUT2D eigenvalue weighted by molar-refractivity contribution is -0.118. The van der Waals surface area contributed by atoms with E-state index in [1.54, 1.807) is 18.2 Å². The number of nitrogens with one attached hydrogen (secondary N) is 2. The number of piperidine rings is 1. The van der Waals surface area contributed by atoms with Crippen LogP contribution in [0.15, 0.2) is 54.6 Å². The standard InChI is InChI=1S/C21H25N3O2/c1-16-9-7-8-14-24(16)15-20(25)23-19-13-6-5-12-18(19)21(26)22-17-10-3-2-4-11-17/h2-6,10-13,16H,7-9,14-15H2,1H3,(H,22,26)(H,23,25)/t16-/m0/s1. The van der Waals surface area contributed by atoms with Crippen LogP contribution in [0.1, 0.15) is 36.5 Å². The molecular formula is C21H25N3O2. The Balaban J connectivity index is 1.66. The Hall–Kier alpha value is -2.66. The van der Waals surface area contributed by atoms with E-state index in [0.717, 1.165) is 25.1 Å². The van der Waals surface area contributed by atoms with Gasteiger partial charge in [0.05, 0.1) is 17.8 Å². The molecule has 0 radical (unpaired) electrons. The van der Waals surface area contributed by atoms with E-state index in [-0.39, 0.29) is 11.8 Å². The van der Waals surface area contributed by atoms with Crippen molar-refractivity contribution in [2.24, 2.45) is 0 Å². The number of rotatable bonds is 5. The SMILES string of the molecule is C[C@H]1CCCCN1CC(=O)Nc1ccccc1C(=O)Nc1ccccc1. The Morgan fingerprint density at radius 2 is 1.73 bits per heavy atom. The van der Waals surface area contributed by atoms with Crippen LogP contribution >= 0.6 is 0 Å². The van der Waals surface area contributed by atoms with E-state index in [1.165, 1.54) is 6.42 Å². The van der Waals surface area contributed by atoms with Gasteiger partial charge in [-0.2, -0.15) is 0 Å². The van der Waals surface area contributed by atoms with Crippen molar-refractivity contribution >= 4 is 23.2 Å². The predicted molar refractivity (Wildman–Crippen MR) is 104 cm³/mol. The monoisotopic (exact) mass is 351 g/mol. The van der Waals surface area contributed by atoms with Gasteiger partial charge in [-0.25, -0.2) is 0 Å². The minimum atomic E-state index is -0.238. The quantitative estimate of drug-likeness (QED) is 0.862. The molecule has 0 spiro atoms. The molecule has 1 atom stereocenters. The Kier molecular flexibility index (Phi) is 6.02. The highest BCUT2D eigenvalue weighted by atomic mass is 16.2. The Labute approximate surface area is 154 Å². The zero-order chi connectivity index (χ0) is 18.4. The number of anilines is 2. The van der Waals surface area contributed by atoms with Crippen LogP contribution in [-0.4, -0.2) is 35.8 Å². The number of carbonyl (C=O) groups is 2. The van der Waals surface area contributed by atoms with Crippen molar-refractivity contribution < 1.29 is 9.59 Å². The van der Waals surface area contributed by atoms with E-state index in [9.17, 15) is 9.59 Å². The van der Waals surface area contributed by atoms with Crippen LogP contribution in [0.3, 0.4) is 0 Å². The topological polar surface area (TPSA) is 61.4 Å². The number of benzene rings is 2. The third kappa shape index (κ3) is 4.70. The average molecular weight is 351 g/mol. The zero-order valence-corrected chi connectivity index (χ0v) is 15.1. The molecule has 3 rings (SSSR count). The number of hydrogen-bond acceptors (Lipinski definition) is 3. The Bertz CT molecular complexity index is 761. The molecule has 0 unspecified atom stereocenters. The lowest BCUT2D eigenvalue weighted by atomic mass is 10.0. The molecule has 1 saturated heterocycles. The summed E-state index contributed by atoms with van der Waals surface area (Å²) in [7, 11) is 0. The maximum atomic E-state index is 12.6. The van der Waals surface area contributed by atoms with E-state index in [1.807, 2.05) is 36.4 Å². The summed E-state index contributed by atoms with van der Waals surface area (Å²) in [5.41, 5.74) is 1.72. The third-order valence-electron chi connectivity index (χ3n) is 4.76. The molecule has 0 saturated carbocycles. The summed E-state index contributed by atoms with van der Waals surface area (Å²) in [6.45, 7) is 3.47. The van der Waals surface area contributed by atoms with Crippen molar-refractivity contribution in [1.82, 2.24) is 4.90 Å². The summed E-state index contributed by atoms with van der Waals surface area (Å²) < 4.78 is 0. The number of amides is 2. The van der Waals surface area contributed by atoms with Gasteiger partial charge in [-0.1, -0.05) is 36.8 Å². The molecule has 1 aliphatic rings. The second-order valence-electron chi connectivity index (χ2n) is 6.73. The van der Waals surface area contributed by atoms with Crippen molar-refractivity contribution in [3.8, 4) is 0 Å². The van der Waals surface area contributed by atoms with Gasteiger partial charge in [0.2, 0.25) is 5.91 Å². The second kappa shape index (κ2) is 8.63. The largest absolute Gasteiger partial charge is 0.324 e. The molecular weight excluding hydrogens is 326 g/mol. The lowest BCUT2D eigenvalue weighted by Gasteiger charge is -2.32. The summed E-state index contributed by atoms with van der Waals surface area (Å²) in [6, 6.07) is 16.8. The number of likely N-dealkylation sites (tertiary alicyclic amines) is 1. The van der Waals surface area contributed by atoms with Crippen molar-refractivity contribution in [2.75, 3.05) is 23.7 Å². The number of nitrogens with zero attached hydrogens (tertiary/aromatic N) is 1. The van der Waals surface area contributed by atoms with E-state index in [0.29, 0.717) is 23.8 Å². The number of carbonyl (C=O) groups excluding carboxylic acids is 2. The normalized spacial score (nSPS) is 17.5. The minimum absolute atomic E-state index is 0.0845. The Morgan fingerprint density at radius 3 is 2.50 bits per heavy atom. The smallest absolute Gasteiger partial charge is 0.257 e. The molecule has 5 nitrogen and oxygen atoms in total. The van der Waals surface area contributed by atoms with Crippen LogP contribution in [0, 0.1) is 0 Å². The highest BCUT2D eigenvalue weighted by Crippen LogP contribution is 2.19. The van der Waals surface area contributed by atoms with Crippen LogP contribution in [0.4, 0.5) is 11.4 Å². The van der Waals surface area contributed by atoms with Crippen molar-refractivity contribution in [3.05, 3.63) is 60.2 Å². The molecule has 2 aromatic rings. The fraction of sp³-hybridized carbons (Fsp3) is 0.333. The van der Waals surface area contributed by atoms with Gasteiger partial charge in [-0.05, 0) is 50.6 Å². The van der Waals surface area contributed by atoms with E-state index < -0.39 is 0 Å². The van der Waals surface area contributed by atoms with Crippen molar-refractivity contribution in [3.63, 3.8) is 0 Å². The first-order valence-electron chi connectivity index (χ1n) is 9.13. The predicted octanol–water partition coefficient (Wildman–Crippen LogP) is 3.75. The van der Waals surface area contributed by atoms with Gasteiger partial charge in [0.15, 0.2) is 0 Å². The minimum Gasteiger partial charge on any atom is -0.324 e. The van der Waals surface area contributed by atoms with Gasteiger partial charge in [0.25, 0.3) is 5.91 Å². The first kappa shape index (κ1) is 18.1. The van der Waals surface area contributed by atoms with Crippen LogP contribution in [0.25, 0.3) is 0 Å². The molecule has 2 aromatic carbocycles. The molecule has 2 N–H and O–H groups in total. The van der Waals surface area contributed by atoms with Crippen LogP contribution < -0.4 is 10.6 Å². The maximum Gasteiger partial charge on any atom is 0.257 e. The summed E-state index contributed by atoms with van der Waals surface area (Å²) >= 11 is 0. The average Bonchev–Trinajstić information content (AvgIpc) is 2.65. The van der Waals surface area contributed by atoms with Crippen LogP contribution in [0.2, 0.25) is 0 Å². The molecule has 0 aliphatic carbocycles. The van der Waals surface area contributed by atoms with E-state index in [2.05, 4.69) is 22.5 Å². The van der Waals surface area contributed by atoms with Gasteiger partial charge in [0, 0.05) is 11.7 Å². The number of hydrogen-bond donors (Lipinski definition) is 2. The molecule has 5 heteroatoms. The highest BCUT2D eigenvalue weighted by Gasteiger charge is 2.21. The van der Waals surface area contributed by atoms with Gasteiger partial charge < -0.3 is 10.6 Å². The summed E-state index contributed by atoms with van der Waals surface area (Å²) in [5, 5.41) is 5.76. The first-order chi connectivity index (χ1) is 12.6. The molecule has 136 valence electrons. The van der Waals surface area contributed by atoms with Crippen LogP contribution in [0.5, 0.6) is 0 Å². The molecule has 1 aliphatic heterocycles. The highest BCUT2D eigenvalue weighted by molar-refractivity contribution is 6.10. The fourth-order valence-electron chi connectivity index (χ4n) is 3.28. The molecule has 1 fully saturated rings. The summed E-state index contributed by atoms with van der Waals surface area (Å²) in [6.07, 6.45) is 3.48. The summed E-state index contributed by atoms with van der Waals surface area (Å²) in [5.74, 6) is -0.322. The van der Waals surface area contributed by atoms with Gasteiger partial charge >= 0.3 is 0 Å². The van der Waals surface area contributed by atoms with Gasteiger partial charge in [-0.3, -0.25) is 14.5 Å². The molecule has 0 bridgehead atoms. The zero-order valence-electron chi connectivity index (χ0n) is 15.1. The molecule has 1 heterocycles. The molecule has 2 amide bonds. The molecule has 0 aromatic heterocycles. The fourth-order valence-corrected chi connectivity index (χ4v) is 3.28. The summed E-state index contributed by atoms with van der Waals surface area (Å²) in [4.78, 5) is 27.3.